The van der Waals surface area contributed by atoms with Gasteiger partial charge in [-0.15, -0.1) is 0 Å². The summed E-state index contributed by atoms with van der Waals surface area (Å²) in [5.41, 5.74) is 1.07. The number of rotatable bonds is 6. The summed E-state index contributed by atoms with van der Waals surface area (Å²) in [4.78, 5) is 0. The fourth-order valence-corrected chi connectivity index (χ4v) is 1.33. The van der Waals surface area contributed by atoms with Crippen LogP contribution in [0, 0.1) is 0 Å². The van der Waals surface area contributed by atoms with E-state index < -0.39 is 0 Å². The van der Waals surface area contributed by atoms with Gasteiger partial charge in [0.05, 0.1) is 20.8 Å². The molecule has 4 heteroatoms. The maximum Gasteiger partial charge on any atom is 0.122 e. The second-order valence-electron chi connectivity index (χ2n) is 3.69. The number of hydrogen-bond donors (Lipinski definition) is 2. The van der Waals surface area contributed by atoms with Crippen LogP contribution in [0.15, 0.2) is 18.2 Å². The fraction of sp³-hybridized carbons (Fsp3) is 0.500. The third kappa shape index (κ3) is 3.72. The highest BCUT2D eigenvalue weighted by molar-refractivity contribution is 5.38. The lowest BCUT2D eigenvalue weighted by Gasteiger charge is -2.12. The van der Waals surface area contributed by atoms with Gasteiger partial charge in [-0.25, -0.2) is 0 Å². The van der Waals surface area contributed by atoms with Gasteiger partial charge in [0.2, 0.25) is 0 Å². The molecule has 90 valence electrons. The average Bonchev–Trinajstić information content (AvgIpc) is 2.35. The highest BCUT2D eigenvalue weighted by atomic mass is 16.5. The monoisotopic (exact) mass is 225 g/mol. The number of aliphatic hydroxyl groups is 1. The van der Waals surface area contributed by atoms with Crippen molar-refractivity contribution < 1.29 is 14.6 Å². The molecule has 1 unspecified atom stereocenters. The van der Waals surface area contributed by atoms with Crippen molar-refractivity contribution in [1.29, 1.82) is 0 Å². The second-order valence-corrected chi connectivity index (χ2v) is 3.69. The molecule has 0 spiro atoms. The summed E-state index contributed by atoms with van der Waals surface area (Å²) >= 11 is 0. The average molecular weight is 225 g/mol. The molecule has 1 aromatic carbocycles. The summed E-state index contributed by atoms with van der Waals surface area (Å²) in [7, 11) is 3.25. The van der Waals surface area contributed by atoms with Crippen LogP contribution in [0.3, 0.4) is 0 Å². The van der Waals surface area contributed by atoms with Crippen LogP contribution in [-0.4, -0.2) is 32.0 Å². The first-order chi connectivity index (χ1) is 7.69. The Balaban J connectivity index is 2.71. The number of hydrogen-bond acceptors (Lipinski definition) is 4. The molecule has 0 saturated carbocycles. The molecule has 1 rings (SSSR count). The van der Waals surface area contributed by atoms with Crippen LogP contribution in [0.5, 0.6) is 11.5 Å². The van der Waals surface area contributed by atoms with Crippen molar-refractivity contribution >= 4 is 0 Å². The van der Waals surface area contributed by atoms with Crippen LogP contribution in [0.1, 0.15) is 12.5 Å². The van der Waals surface area contributed by atoms with Crippen molar-refractivity contribution in [1.82, 2.24) is 5.32 Å². The highest BCUT2D eigenvalue weighted by Crippen LogP contribution is 2.22. The van der Waals surface area contributed by atoms with E-state index >= 15 is 0 Å². The molecule has 1 aromatic rings. The molecule has 0 fully saturated rings. The third-order valence-electron chi connectivity index (χ3n) is 2.34. The standard InChI is InChI=1S/C12H19NO3/c1-9(8-14)13-7-10-4-11(15-2)6-12(5-10)16-3/h4-6,9,13-14H,7-8H2,1-3H3. The quantitative estimate of drug-likeness (QED) is 0.763. The Morgan fingerprint density at radius 3 is 2.19 bits per heavy atom. The van der Waals surface area contributed by atoms with Crippen LogP contribution in [0.25, 0.3) is 0 Å². The van der Waals surface area contributed by atoms with Gasteiger partial charge in [0.25, 0.3) is 0 Å². The number of ether oxygens (including phenoxy) is 2. The van der Waals surface area contributed by atoms with E-state index in [9.17, 15) is 0 Å². The van der Waals surface area contributed by atoms with E-state index in [1.807, 2.05) is 25.1 Å². The van der Waals surface area contributed by atoms with E-state index in [1.165, 1.54) is 0 Å². The van der Waals surface area contributed by atoms with Gasteiger partial charge < -0.3 is 19.9 Å². The molecule has 0 aliphatic heterocycles. The highest BCUT2D eigenvalue weighted by Gasteiger charge is 2.03. The first-order valence-corrected chi connectivity index (χ1v) is 5.25. The van der Waals surface area contributed by atoms with Gasteiger partial charge in [0.15, 0.2) is 0 Å². The predicted octanol–water partition coefficient (Wildman–Crippen LogP) is 1.17. The normalized spacial score (nSPS) is 12.2. The Morgan fingerprint density at radius 2 is 1.75 bits per heavy atom. The fourth-order valence-electron chi connectivity index (χ4n) is 1.33. The Labute approximate surface area is 96.2 Å². The van der Waals surface area contributed by atoms with E-state index in [4.69, 9.17) is 14.6 Å². The molecule has 0 heterocycles. The van der Waals surface area contributed by atoms with Crippen LogP contribution >= 0.6 is 0 Å². The summed E-state index contributed by atoms with van der Waals surface area (Å²) in [6, 6.07) is 5.80. The Bertz CT molecular complexity index is 306. The smallest absolute Gasteiger partial charge is 0.122 e. The molecule has 0 amide bonds. The zero-order chi connectivity index (χ0) is 12.0. The molecule has 4 nitrogen and oxygen atoms in total. The van der Waals surface area contributed by atoms with Crippen molar-refractivity contribution in [2.24, 2.45) is 0 Å². The zero-order valence-corrected chi connectivity index (χ0v) is 9.99. The minimum Gasteiger partial charge on any atom is -0.497 e. The molecular weight excluding hydrogens is 206 g/mol. The number of methoxy groups -OCH3 is 2. The summed E-state index contributed by atoms with van der Waals surface area (Å²) < 4.78 is 10.3. The van der Waals surface area contributed by atoms with Gasteiger partial charge in [-0.1, -0.05) is 0 Å². The number of benzene rings is 1. The SMILES string of the molecule is COc1cc(CNC(C)CO)cc(OC)c1. The topological polar surface area (TPSA) is 50.7 Å². The predicted molar refractivity (Wildman–Crippen MR) is 62.9 cm³/mol. The molecular formula is C12H19NO3. The Kier molecular flexibility index (Phi) is 5.08. The molecule has 0 radical (unpaired) electrons. The first kappa shape index (κ1) is 12.8. The van der Waals surface area contributed by atoms with E-state index in [1.54, 1.807) is 14.2 Å². The molecule has 0 aromatic heterocycles. The minimum atomic E-state index is 0.0807. The summed E-state index contributed by atoms with van der Waals surface area (Å²) in [6.07, 6.45) is 0. The van der Waals surface area contributed by atoms with Crippen molar-refractivity contribution in [2.45, 2.75) is 19.5 Å². The Morgan fingerprint density at radius 1 is 1.19 bits per heavy atom. The minimum absolute atomic E-state index is 0.0807. The molecule has 0 aliphatic carbocycles. The lowest BCUT2D eigenvalue weighted by Crippen LogP contribution is -2.28. The van der Waals surface area contributed by atoms with Gasteiger partial charge in [-0.3, -0.25) is 0 Å². The van der Waals surface area contributed by atoms with Crippen molar-refractivity contribution in [3.05, 3.63) is 23.8 Å². The molecule has 2 N–H and O–H groups in total. The van der Waals surface area contributed by atoms with E-state index in [-0.39, 0.29) is 12.6 Å². The third-order valence-corrected chi connectivity index (χ3v) is 2.34. The summed E-state index contributed by atoms with van der Waals surface area (Å²) in [5.74, 6) is 1.54. The van der Waals surface area contributed by atoms with Crippen LogP contribution < -0.4 is 14.8 Å². The first-order valence-electron chi connectivity index (χ1n) is 5.25. The van der Waals surface area contributed by atoms with Crippen molar-refractivity contribution in [3.63, 3.8) is 0 Å². The van der Waals surface area contributed by atoms with Crippen LogP contribution in [-0.2, 0) is 6.54 Å². The number of aliphatic hydroxyl groups excluding tert-OH is 1. The van der Waals surface area contributed by atoms with E-state index in [0.717, 1.165) is 17.1 Å². The molecule has 0 bridgehead atoms. The van der Waals surface area contributed by atoms with Gasteiger partial charge in [-0.2, -0.15) is 0 Å². The molecule has 0 aliphatic rings. The maximum absolute atomic E-state index is 8.90. The van der Waals surface area contributed by atoms with Crippen molar-refractivity contribution in [2.75, 3.05) is 20.8 Å². The van der Waals surface area contributed by atoms with Gasteiger partial charge in [0, 0.05) is 18.7 Å². The maximum atomic E-state index is 8.90. The van der Waals surface area contributed by atoms with Gasteiger partial charge in [-0.05, 0) is 24.6 Å². The van der Waals surface area contributed by atoms with Crippen molar-refractivity contribution in [3.8, 4) is 11.5 Å². The zero-order valence-electron chi connectivity index (χ0n) is 9.99. The van der Waals surface area contributed by atoms with E-state index in [0.29, 0.717) is 6.54 Å². The summed E-state index contributed by atoms with van der Waals surface area (Å²) in [6.45, 7) is 2.73. The van der Waals surface area contributed by atoms with Gasteiger partial charge >= 0.3 is 0 Å². The van der Waals surface area contributed by atoms with Crippen LogP contribution in [0.2, 0.25) is 0 Å². The molecule has 1 atom stereocenters. The Hall–Kier alpha value is -1.26. The van der Waals surface area contributed by atoms with E-state index in [2.05, 4.69) is 5.32 Å². The largest absolute Gasteiger partial charge is 0.497 e. The summed E-state index contributed by atoms with van der Waals surface area (Å²) in [5, 5.41) is 12.1. The second kappa shape index (κ2) is 6.35. The van der Waals surface area contributed by atoms with Gasteiger partial charge in [0.1, 0.15) is 11.5 Å². The molecule has 0 saturated heterocycles. The molecule has 16 heavy (non-hydrogen) atoms. The lowest BCUT2D eigenvalue weighted by atomic mass is 10.2. The number of nitrogens with one attached hydrogen (secondary N) is 1. The lowest BCUT2D eigenvalue weighted by molar-refractivity contribution is 0.251. The van der Waals surface area contributed by atoms with Crippen LogP contribution in [0.4, 0.5) is 0 Å².